The highest BCUT2D eigenvalue weighted by Crippen LogP contribution is 2.56. The molecule has 0 saturated heterocycles. The molecule has 0 N–H and O–H groups in total. The van der Waals surface area contributed by atoms with Gasteiger partial charge in [0, 0.05) is 37.2 Å². The molecule has 1 heterocycles. The van der Waals surface area contributed by atoms with Gasteiger partial charge in [0.1, 0.15) is 0 Å². The van der Waals surface area contributed by atoms with Gasteiger partial charge >= 0.3 is 0 Å². The summed E-state index contributed by atoms with van der Waals surface area (Å²) in [7, 11) is 0. The van der Waals surface area contributed by atoms with Crippen LogP contribution in [0.5, 0.6) is 0 Å². The summed E-state index contributed by atoms with van der Waals surface area (Å²) >= 11 is 1.91. The minimum absolute atomic E-state index is 0.0390. The summed E-state index contributed by atoms with van der Waals surface area (Å²) in [6, 6.07) is 42.2. The summed E-state index contributed by atoms with van der Waals surface area (Å²) in [5.41, 5.74) is 9.00. The maximum atomic E-state index is 2.48. The molecule has 0 fully saturated rings. The van der Waals surface area contributed by atoms with E-state index in [1.165, 1.54) is 59.5 Å². The Morgan fingerprint density at radius 3 is 1.71 bits per heavy atom. The van der Waals surface area contributed by atoms with Gasteiger partial charge in [-0.15, -0.1) is 11.3 Å². The summed E-state index contributed by atoms with van der Waals surface area (Å²) in [5.74, 6) is 0. The lowest BCUT2D eigenvalue weighted by molar-refractivity contribution is 0.299. The van der Waals surface area contributed by atoms with E-state index >= 15 is 0 Å². The SMILES string of the molecule is CC1(C)c2cc(N(c3ccccc3)c3ccccc3)ccc2-c2cc3c(cc2C1(C)C)sc1ccccc13. The maximum absolute atomic E-state index is 2.48. The van der Waals surface area contributed by atoms with Crippen molar-refractivity contribution in [3.63, 3.8) is 0 Å². The van der Waals surface area contributed by atoms with E-state index in [9.17, 15) is 0 Å². The molecule has 5 aromatic carbocycles. The van der Waals surface area contributed by atoms with E-state index in [0.29, 0.717) is 0 Å². The summed E-state index contributed by atoms with van der Waals surface area (Å²) < 4.78 is 2.74. The first-order chi connectivity index (χ1) is 18.4. The molecule has 0 atom stereocenters. The number of rotatable bonds is 3. The van der Waals surface area contributed by atoms with E-state index in [-0.39, 0.29) is 10.8 Å². The van der Waals surface area contributed by atoms with Crippen LogP contribution in [0.3, 0.4) is 0 Å². The van der Waals surface area contributed by atoms with Crippen LogP contribution in [0.4, 0.5) is 17.1 Å². The topological polar surface area (TPSA) is 3.24 Å². The zero-order chi connectivity index (χ0) is 26.1. The van der Waals surface area contributed by atoms with Gasteiger partial charge in [-0.05, 0) is 87.7 Å². The third-order valence-electron chi connectivity index (χ3n) is 9.01. The smallest absolute Gasteiger partial charge is 0.0464 e. The fourth-order valence-corrected chi connectivity index (χ4v) is 7.34. The van der Waals surface area contributed by atoms with Crippen molar-refractivity contribution in [2.45, 2.75) is 38.5 Å². The molecule has 186 valence electrons. The summed E-state index contributed by atoms with van der Waals surface area (Å²) in [5, 5.41) is 2.72. The zero-order valence-corrected chi connectivity index (χ0v) is 23.1. The lowest BCUT2D eigenvalue weighted by atomic mass is 9.55. The molecule has 0 amide bonds. The fourth-order valence-electron chi connectivity index (χ4n) is 6.21. The predicted octanol–water partition coefficient (Wildman–Crippen LogP) is 10.8. The number of para-hydroxylation sites is 2. The van der Waals surface area contributed by atoms with E-state index in [0.717, 1.165) is 0 Å². The van der Waals surface area contributed by atoms with Crippen LogP contribution in [0, 0.1) is 0 Å². The summed E-state index contributed by atoms with van der Waals surface area (Å²) in [6.45, 7) is 9.69. The summed E-state index contributed by atoms with van der Waals surface area (Å²) in [4.78, 5) is 2.37. The molecular formula is C36H31NS. The Bertz CT molecular complexity index is 1770. The summed E-state index contributed by atoms with van der Waals surface area (Å²) in [6.07, 6.45) is 0. The van der Waals surface area contributed by atoms with Gasteiger partial charge in [-0.25, -0.2) is 0 Å². The molecule has 0 saturated carbocycles. The molecule has 2 heteroatoms. The molecule has 6 aromatic rings. The number of thiophene rings is 1. The van der Waals surface area contributed by atoms with E-state index < -0.39 is 0 Å². The minimum Gasteiger partial charge on any atom is -0.310 e. The quantitative estimate of drug-likeness (QED) is 0.229. The van der Waals surface area contributed by atoms with Crippen molar-refractivity contribution >= 4 is 48.6 Å². The van der Waals surface area contributed by atoms with Gasteiger partial charge in [0.15, 0.2) is 0 Å². The van der Waals surface area contributed by atoms with Crippen molar-refractivity contribution in [2.24, 2.45) is 0 Å². The fraction of sp³-hybridized carbons (Fsp3) is 0.167. The Labute approximate surface area is 229 Å². The van der Waals surface area contributed by atoms with Crippen LogP contribution in [0.15, 0.2) is 115 Å². The van der Waals surface area contributed by atoms with E-state index in [2.05, 4.69) is 148 Å². The molecule has 0 spiro atoms. The van der Waals surface area contributed by atoms with Crippen LogP contribution in [-0.2, 0) is 10.8 Å². The van der Waals surface area contributed by atoms with Gasteiger partial charge in [0.25, 0.3) is 0 Å². The Balaban J connectivity index is 1.49. The Morgan fingerprint density at radius 2 is 1.05 bits per heavy atom. The van der Waals surface area contributed by atoms with Crippen LogP contribution < -0.4 is 4.90 Å². The monoisotopic (exact) mass is 509 g/mol. The average Bonchev–Trinajstić information content (AvgIpc) is 3.31. The van der Waals surface area contributed by atoms with Crippen LogP contribution in [0.1, 0.15) is 38.8 Å². The van der Waals surface area contributed by atoms with Gasteiger partial charge in [-0.1, -0.05) is 88.4 Å². The molecule has 0 radical (unpaired) electrons. The third-order valence-corrected chi connectivity index (χ3v) is 10.1. The maximum Gasteiger partial charge on any atom is 0.0464 e. The van der Waals surface area contributed by atoms with Crippen LogP contribution >= 0.6 is 11.3 Å². The molecule has 0 aliphatic heterocycles. The molecule has 0 unspecified atom stereocenters. The predicted molar refractivity (Wildman–Crippen MR) is 166 cm³/mol. The first-order valence-electron chi connectivity index (χ1n) is 13.4. The van der Waals surface area contributed by atoms with Crippen LogP contribution in [0.2, 0.25) is 0 Å². The molecule has 0 bridgehead atoms. The molecule has 1 aromatic heterocycles. The van der Waals surface area contributed by atoms with E-state index in [1.807, 2.05) is 11.3 Å². The number of nitrogens with zero attached hydrogens (tertiary/aromatic N) is 1. The van der Waals surface area contributed by atoms with E-state index in [4.69, 9.17) is 0 Å². The number of fused-ring (bicyclic) bond motifs is 6. The molecule has 1 aliphatic rings. The van der Waals surface area contributed by atoms with Crippen molar-refractivity contribution in [3.05, 3.63) is 126 Å². The lowest BCUT2D eigenvalue weighted by Gasteiger charge is -2.48. The van der Waals surface area contributed by atoms with Crippen molar-refractivity contribution in [1.29, 1.82) is 0 Å². The van der Waals surface area contributed by atoms with Gasteiger partial charge in [0.2, 0.25) is 0 Å². The molecule has 1 aliphatic carbocycles. The molecule has 38 heavy (non-hydrogen) atoms. The number of anilines is 3. The molecular weight excluding hydrogens is 478 g/mol. The van der Waals surface area contributed by atoms with E-state index in [1.54, 1.807) is 0 Å². The van der Waals surface area contributed by atoms with Gasteiger partial charge in [-0.2, -0.15) is 0 Å². The lowest BCUT2D eigenvalue weighted by Crippen LogP contribution is -2.43. The normalized spacial score (nSPS) is 15.3. The highest BCUT2D eigenvalue weighted by atomic mass is 32.1. The van der Waals surface area contributed by atoms with Crippen molar-refractivity contribution in [2.75, 3.05) is 4.90 Å². The van der Waals surface area contributed by atoms with Crippen molar-refractivity contribution < 1.29 is 0 Å². The third kappa shape index (κ3) is 3.30. The minimum atomic E-state index is -0.0608. The second kappa shape index (κ2) is 8.31. The second-order valence-corrected chi connectivity index (χ2v) is 12.6. The Hall–Kier alpha value is -3.88. The Kier molecular flexibility index (Phi) is 5.09. The number of hydrogen-bond acceptors (Lipinski definition) is 2. The first kappa shape index (κ1) is 23.3. The molecule has 1 nitrogen and oxygen atoms in total. The number of hydrogen-bond donors (Lipinski definition) is 0. The van der Waals surface area contributed by atoms with Crippen molar-refractivity contribution in [1.82, 2.24) is 0 Å². The van der Waals surface area contributed by atoms with Gasteiger partial charge < -0.3 is 4.90 Å². The highest BCUT2D eigenvalue weighted by Gasteiger charge is 2.46. The highest BCUT2D eigenvalue weighted by molar-refractivity contribution is 7.25. The van der Waals surface area contributed by atoms with Gasteiger partial charge in [-0.3, -0.25) is 0 Å². The second-order valence-electron chi connectivity index (χ2n) is 11.5. The van der Waals surface area contributed by atoms with Gasteiger partial charge in [0.05, 0.1) is 0 Å². The average molecular weight is 510 g/mol. The van der Waals surface area contributed by atoms with Crippen molar-refractivity contribution in [3.8, 4) is 11.1 Å². The van der Waals surface area contributed by atoms with Crippen LogP contribution in [-0.4, -0.2) is 0 Å². The molecule has 7 rings (SSSR count). The zero-order valence-electron chi connectivity index (χ0n) is 22.3. The number of benzene rings is 5. The van der Waals surface area contributed by atoms with Crippen LogP contribution in [0.25, 0.3) is 31.3 Å². The standard InChI is InChI=1S/C36H31NS/c1-35(2)31-21-26(37(24-13-7-5-8-14-24)25-15-9-6-10-16-25)19-20-27(31)29-22-30-28-17-11-12-18-33(28)38-34(30)23-32(29)36(35,3)4/h5-23H,1-4H3. The Morgan fingerprint density at radius 1 is 0.474 bits per heavy atom. The largest absolute Gasteiger partial charge is 0.310 e. The first-order valence-corrected chi connectivity index (χ1v) is 14.2.